The number of benzene rings is 1. The van der Waals surface area contributed by atoms with Crippen LogP contribution < -0.4 is 10.6 Å². The summed E-state index contributed by atoms with van der Waals surface area (Å²) in [5, 5.41) is 6.60. The Morgan fingerprint density at radius 2 is 1.74 bits per heavy atom. The number of carbonyl (C=O) groups is 3. The van der Waals surface area contributed by atoms with Crippen LogP contribution in [0.15, 0.2) is 47.9 Å². The molecule has 1 aliphatic carbocycles. The number of ketones is 1. The van der Waals surface area contributed by atoms with Gasteiger partial charge in [0.2, 0.25) is 0 Å². The first-order chi connectivity index (χ1) is 16.7. The second-order valence-electron chi connectivity index (χ2n) is 8.74. The van der Waals surface area contributed by atoms with E-state index in [1.807, 2.05) is 0 Å². The molecule has 1 aliphatic rings. The maximum atomic E-state index is 12.7. The van der Waals surface area contributed by atoms with Gasteiger partial charge in [-0.1, -0.05) is 49.2 Å². The molecule has 0 saturated carbocycles. The van der Waals surface area contributed by atoms with E-state index >= 15 is 0 Å². The zero-order valence-corrected chi connectivity index (χ0v) is 21.5. The van der Waals surface area contributed by atoms with Crippen molar-refractivity contribution in [2.45, 2.75) is 52.5 Å². The first kappa shape index (κ1) is 26.7. The minimum Gasteiger partial charge on any atom is -0.466 e. The minimum absolute atomic E-state index is 0.0915. The highest BCUT2D eigenvalue weighted by atomic mass is 35.5. The number of Topliss-reactive ketones (excluding diaryl/α,β-unsaturated/α-hetero) is 1. The molecule has 0 aliphatic heterocycles. The fraction of sp³-hybridized carbons (Fsp3) is 0.385. The number of carbonyl (C=O) groups excluding carboxylic acids is 3. The van der Waals surface area contributed by atoms with E-state index < -0.39 is 6.04 Å². The van der Waals surface area contributed by atoms with Crippen LogP contribution in [0.2, 0.25) is 10.0 Å². The predicted molar refractivity (Wildman–Crippen MR) is 137 cm³/mol. The summed E-state index contributed by atoms with van der Waals surface area (Å²) < 4.78 is 5.17. The van der Waals surface area contributed by atoms with Gasteiger partial charge in [-0.05, 0) is 43.4 Å². The van der Waals surface area contributed by atoms with Gasteiger partial charge in [0.25, 0.3) is 5.91 Å². The molecule has 35 heavy (non-hydrogen) atoms. The van der Waals surface area contributed by atoms with E-state index in [2.05, 4.69) is 29.5 Å². The number of nitrogens with zero attached hydrogens (tertiary/aromatic N) is 1. The fourth-order valence-corrected chi connectivity index (χ4v) is 4.40. The van der Waals surface area contributed by atoms with E-state index in [1.165, 1.54) is 12.4 Å². The first-order valence-electron chi connectivity index (χ1n) is 11.6. The molecule has 186 valence electrons. The van der Waals surface area contributed by atoms with E-state index in [1.54, 1.807) is 31.2 Å². The highest BCUT2D eigenvalue weighted by Gasteiger charge is 2.27. The molecule has 9 heteroatoms. The lowest BCUT2D eigenvalue weighted by Crippen LogP contribution is -2.25. The molecular weight excluding hydrogens is 489 g/mol. The van der Waals surface area contributed by atoms with Gasteiger partial charge < -0.3 is 15.4 Å². The quantitative estimate of drug-likeness (QED) is 0.381. The average molecular weight is 518 g/mol. The summed E-state index contributed by atoms with van der Waals surface area (Å²) in [6.45, 7) is 6.18. The monoisotopic (exact) mass is 517 g/mol. The molecule has 1 unspecified atom stereocenters. The van der Waals surface area contributed by atoms with Crippen LogP contribution in [0.5, 0.6) is 0 Å². The Balaban J connectivity index is 1.83. The smallest absolute Gasteiger partial charge is 0.308 e. The number of anilines is 1. The van der Waals surface area contributed by atoms with E-state index in [-0.39, 0.29) is 46.4 Å². The van der Waals surface area contributed by atoms with Crippen molar-refractivity contribution in [1.82, 2.24) is 10.3 Å². The van der Waals surface area contributed by atoms with Crippen LogP contribution in [0.25, 0.3) is 0 Å². The molecule has 3 rings (SSSR count). The van der Waals surface area contributed by atoms with Gasteiger partial charge in [0, 0.05) is 35.6 Å². The lowest BCUT2D eigenvalue weighted by molar-refractivity contribution is -0.143. The summed E-state index contributed by atoms with van der Waals surface area (Å²) in [7, 11) is 0. The van der Waals surface area contributed by atoms with E-state index in [4.69, 9.17) is 27.9 Å². The van der Waals surface area contributed by atoms with Crippen molar-refractivity contribution in [2.75, 3.05) is 11.9 Å². The highest BCUT2D eigenvalue weighted by molar-refractivity contribution is 6.39. The maximum Gasteiger partial charge on any atom is 0.308 e. The molecule has 0 bridgehead atoms. The van der Waals surface area contributed by atoms with Crippen molar-refractivity contribution in [2.24, 2.45) is 5.92 Å². The van der Waals surface area contributed by atoms with Gasteiger partial charge in [-0.25, -0.2) is 0 Å². The topological polar surface area (TPSA) is 97.4 Å². The van der Waals surface area contributed by atoms with Gasteiger partial charge in [-0.3, -0.25) is 19.4 Å². The van der Waals surface area contributed by atoms with E-state index in [0.29, 0.717) is 30.7 Å². The normalized spacial score (nSPS) is 14.3. The fourth-order valence-electron chi connectivity index (χ4n) is 3.95. The Hall–Kier alpha value is -2.90. The van der Waals surface area contributed by atoms with Gasteiger partial charge >= 0.3 is 5.97 Å². The van der Waals surface area contributed by atoms with E-state index in [0.717, 1.165) is 16.8 Å². The summed E-state index contributed by atoms with van der Waals surface area (Å²) in [5.74, 6) is -0.238. The number of rotatable bonds is 10. The van der Waals surface area contributed by atoms with Crippen LogP contribution in [0.1, 0.15) is 68.4 Å². The highest BCUT2D eigenvalue weighted by Crippen LogP contribution is 2.31. The van der Waals surface area contributed by atoms with Crippen molar-refractivity contribution >= 4 is 46.5 Å². The molecule has 7 nitrogen and oxygen atoms in total. The largest absolute Gasteiger partial charge is 0.466 e. The number of pyridine rings is 1. The Kier molecular flexibility index (Phi) is 9.29. The van der Waals surface area contributed by atoms with Gasteiger partial charge in [0.05, 0.1) is 34.8 Å². The molecule has 1 amide bonds. The van der Waals surface area contributed by atoms with Gasteiger partial charge in [0.1, 0.15) is 0 Å². The molecule has 1 atom stereocenters. The van der Waals surface area contributed by atoms with Gasteiger partial charge in [0.15, 0.2) is 5.78 Å². The van der Waals surface area contributed by atoms with Crippen LogP contribution in [-0.2, 0) is 14.3 Å². The number of esters is 1. The Morgan fingerprint density at radius 1 is 1.09 bits per heavy atom. The third-order valence-electron chi connectivity index (χ3n) is 5.61. The number of allylic oxidation sites excluding steroid dienone is 2. The summed E-state index contributed by atoms with van der Waals surface area (Å²) in [6, 6.07) is 6.48. The maximum absolute atomic E-state index is 12.7. The van der Waals surface area contributed by atoms with Crippen molar-refractivity contribution in [3.63, 3.8) is 0 Å². The number of ether oxygens (including phenoxy) is 1. The van der Waals surface area contributed by atoms with Crippen molar-refractivity contribution in [3.8, 4) is 0 Å². The average Bonchev–Trinajstić information content (AvgIpc) is 3.14. The van der Waals surface area contributed by atoms with Crippen LogP contribution in [0.3, 0.4) is 0 Å². The van der Waals surface area contributed by atoms with Crippen LogP contribution in [0, 0.1) is 5.92 Å². The molecule has 2 N–H and O–H groups in total. The summed E-state index contributed by atoms with van der Waals surface area (Å²) in [5.41, 5.74) is 3.15. The van der Waals surface area contributed by atoms with Crippen molar-refractivity contribution in [1.29, 1.82) is 0 Å². The Bertz CT molecular complexity index is 1110. The lowest BCUT2D eigenvalue weighted by atomic mass is 9.99. The zero-order valence-electron chi connectivity index (χ0n) is 20.0. The number of halogens is 2. The summed E-state index contributed by atoms with van der Waals surface area (Å²) in [4.78, 5) is 41.4. The standard InChI is InChI=1S/C26H29Cl2N3O4/c1-4-35-24(33)12-22(30-21-9-10-23(32)18(21)11-15(2)3)16-5-7-17(8-6-16)26(34)31-25-19(27)13-29-14-20(25)28/h5-8,13-15,22,30H,4,9-12H2,1-3H3,(H,29,31,34). The van der Waals surface area contributed by atoms with Gasteiger partial charge in [-0.15, -0.1) is 0 Å². The minimum atomic E-state index is -0.404. The summed E-state index contributed by atoms with van der Waals surface area (Å²) in [6.07, 6.45) is 4.66. The van der Waals surface area contributed by atoms with Crippen LogP contribution >= 0.6 is 23.2 Å². The number of aromatic nitrogens is 1. The molecule has 2 aromatic rings. The molecule has 0 spiro atoms. The first-order valence-corrected chi connectivity index (χ1v) is 12.3. The number of amides is 1. The molecule has 1 aromatic carbocycles. The number of hydrogen-bond donors (Lipinski definition) is 2. The van der Waals surface area contributed by atoms with Crippen molar-refractivity contribution < 1.29 is 19.1 Å². The van der Waals surface area contributed by atoms with Crippen LogP contribution in [0.4, 0.5) is 5.69 Å². The SMILES string of the molecule is CCOC(=O)CC(NC1=C(CC(C)C)C(=O)CC1)c1ccc(C(=O)Nc2c(Cl)cncc2Cl)cc1. The molecule has 0 saturated heterocycles. The van der Waals surface area contributed by atoms with E-state index in [9.17, 15) is 14.4 Å². The molecule has 0 fully saturated rings. The number of nitrogens with one attached hydrogen (secondary N) is 2. The molecule has 1 aromatic heterocycles. The lowest BCUT2D eigenvalue weighted by Gasteiger charge is -2.22. The molecule has 1 heterocycles. The zero-order chi connectivity index (χ0) is 25.5. The van der Waals surface area contributed by atoms with Crippen molar-refractivity contribution in [3.05, 3.63) is 69.1 Å². The predicted octanol–water partition coefficient (Wildman–Crippen LogP) is 5.89. The molecule has 0 radical (unpaired) electrons. The Morgan fingerprint density at radius 3 is 2.34 bits per heavy atom. The van der Waals surface area contributed by atoms with Gasteiger partial charge in [-0.2, -0.15) is 0 Å². The third-order valence-corrected chi connectivity index (χ3v) is 6.18. The Labute approximate surface area is 215 Å². The summed E-state index contributed by atoms with van der Waals surface area (Å²) >= 11 is 12.2. The third kappa shape index (κ3) is 7.05. The van der Waals surface area contributed by atoms with Crippen LogP contribution in [-0.4, -0.2) is 29.3 Å². The number of hydrogen-bond acceptors (Lipinski definition) is 6. The second kappa shape index (κ2) is 12.2. The second-order valence-corrected chi connectivity index (χ2v) is 9.55. The molecular formula is C26H29Cl2N3O4.